The van der Waals surface area contributed by atoms with Crippen LogP contribution in [0.1, 0.15) is 32.2 Å². The van der Waals surface area contributed by atoms with Crippen LogP contribution in [0.4, 0.5) is 0 Å². The number of aromatic nitrogens is 2. The zero-order chi connectivity index (χ0) is 14.0. The van der Waals surface area contributed by atoms with Gasteiger partial charge in [0.15, 0.2) is 0 Å². The minimum Gasteiger partial charge on any atom is -0.419 e. The second kappa shape index (κ2) is 5.31. The Balaban J connectivity index is 2.16. The van der Waals surface area contributed by atoms with E-state index < -0.39 is 0 Å². The van der Waals surface area contributed by atoms with Crippen molar-refractivity contribution in [3.63, 3.8) is 0 Å². The molecule has 0 fully saturated rings. The average Bonchev–Trinajstić information content (AvgIpc) is 2.74. The molecule has 102 valence electrons. The number of nitrogens with one attached hydrogen (secondary N) is 1. The molecule has 0 unspecified atom stereocenters. The van der Waals surface area contributed by atoms with Crippen LogP contribution in [0.5, 0.6) is 0 Å². The van der Waals surface area contributed by atoms with E-state index in [1.165, 1.54) is 0 Å². The molecule has 0 aliphatic rings. The fourth-order valence-electron chi connectivity index (χ4n) is 1.57. The van der Waals surface area contributed by atoms with Gasteiger partial charge in [-0.05, 0) is 45.4 Å². The van der Waals surface area contributed by atoms with E-state index in [-0.39, 0.29) is 5.54 Å². The number of nitrogens with zero attached hydrogens (tertiary/aromatic N) is 2. The van der Waals surface area contributed by atoms with E-state index in [1.54, 1.807) is 0 Å². The maximum atomic E-state index is 6.18. The van der Waals surface area contributed by atoms with Crippen LogP contribution in [-0.4, -0.2) is 15.7 Å². The van der Waals surface area contributed by atoms with Crippen molar-refractivity contribution in [2.75, 3.05) is 0 Å². The molecule has 0 saturated heterocycles. The lowest BCUT2D eigenvalue weighted by Crippen LogP contribution is -2.35. The first kappa shape index (κ1) is 14.0. The van der Waals surface area contributed by atoms with Crippen molar-refractivity contribution in [2.24, 2.45) is 0 Å². The van der Waals surface area contributed by atoms with Gasteiger partial charge in [-0.25, -0.2) is 0 Å². The van der Waals surface area contributed by atoms with Gasteiger partial charge in [0.2, 0.25) is 11.8 Å². The first-order valence-electron chi connectivity index (χ1n) is 6.19. The third kappa shape index (κ3) is 3.78. The Morgan fingerprint density at radius 1 is 1.26 bits per heavy atom. The molecule has 0 aliphatic heterocycles. The summed E-state index contributed by atoms with van der Waals surface area (Å²) < 4.78 is 5.62. The second-order valence-electron chi connectivity index (χ2n) is 5.59. The molecular formula is C14H18ClN3O. The molecule has 1 heterocycles. The van der Waals surface area contributed by atoms with E-state index >= 15 is 0 Å². The van der Waals surface area contributed by atoms with E-state index in [9.17, 15) is 0 Å². The number of benzene rings is 1. The van der Waals surface area contributed by atoms with Crippen molar-refractivity contribution >= 4 is 11.6 Å². The van der Waals surface area contributed by atoms with Gasteiger partial charge in [-0.2, -0.15) is 0 Å². The molecule has 4 nitrogen and oxygen atoms in total. The van der Waals surface area contributed by atoms with Gasteiger partial charge in [0.1, 0.15) is 0 Å². The van der Waals surface area contributed by atoms with E-state index in [4.69, 9.17) is 16.0 Å². The van der Waals surface area contributed by atoms with Crippen LogP contribution in [0, 0.1) is 6.92 Å². The largest absolute Gasteiger partial charge is 0.419 e. The monoisotopic (exact) mass is 279 g/mol. The lowest BCUT2D eigenvalue weighted by Gasteiger charge is -2.18. The Bertz CT molecular complexity index is 572. The molecule has 19 heavy (non-hydrogen) atoms. The van der Waals surface area contributed by atoms with Gasteiger partial charge in [-0.3, -0.25) is 0 Å². The van der Waals surface area contributed by atoms with Crippen molar-refractivity contribution in [1.82, 2.24) is 15.5 Å². The molecule has 0 spiro atoms. The number of hydrogen-bond acceptors (Lipinski definition) is 4. The molecule has 2 aromatic rings. The third-order valence-corrected chi connectivity index (χ3v) is 2.90. The highest BCUT2D eigenvalue weighted by atomic mass is 35.5. The number of halogens is 1. The van der Waals surface area contributed by atoms with Gasteiger partial charge in [0.05, 0.1) is 17.1 Å². The predicted octanol–water partition coefficient (Wildman–Crippen LogP) is 3.59. The minimum atomic E-state index is 0.0101. The van der Waals surface area contributed by atoms with Crippen LogP contribution in [0.15, 0.2) is 22.6 Å². The molecule has 0 aliphatic carbocycles. The van der Waals surface area contributed by atoms with Crippen LogP contribution in [0.3, 0.4) is 0 Å². The second-order valence-corrected chi connectivity index (χ2v) is 6.00. The van der Waals surface area contributed by atoms with E-state index in [1.807, 2.05) is 25.1 Å². The van der Waals surface area contributed by atoms with Gasteiger partial charge in [-0.15, -0.1) is 10.2 Å². The van der Waals surface area contributed by atoms with E-state index in [0.29, 0.717) is 23.3 Å². The maximum Gasteiger partial charge on any atom is 0.249 e. The lowest BCUT2D eigenvalue weighted by molar-refractivity contribution is 0.383. The molecule has 2 rings (SSSR count). The Hall–Kier alpha value is -1.39. The summed E-state index contributed by atoms with van der Waals surface area (Å²) >= 11 is 6.18. The Labute approximate surface area is 118 Å². The standard InChI is InChI=1S/C14H18ClN3O/c1-9-5-6-10(11(15)7-9)13-18-17-12(19-13)8-16-14(2,3)4/h5-7,16H,8H2,1-4H3. The summed E-state index contributed by atoms with van der Waals surface area (Å²) in [6.45, 7) is 8.78. The first-order chi connectivity index (χ1) is 8.85. The smallest absolute Gasteiger partial charge is 0.249 e. The molecule has 0 atom stereocenters. The molecule has 0 saturated carbocycles. The van der Waals surface area contributed by atoms with Crippen molar-refractivity contribution in [1.29, 1.82) is 0 Å². The SMILES string of the molecule is Cc1ccc(-c2nnc(CNC(C)(C)C)o2)c(Cl)c1. The normalized spacial score (nSPS) is 11.8. The summed E-state index contributed by atoms with van der Waals surface area (Å²) in [5.74, 6) is 1.01. The van der Waals surface area contributed by atoms with Crippen LogP contribution in [0.25, 0.3) is 11.5 Å². The van der Waals surface area contributed by atoms with E-state index in [2.05, 4.69) is 36.3 Å². The summed E-state index contributed by atoms with van der Waals surface area (Å²) in [6.07, 6.45) is 0. The molecule has 0 radical (unpaired) electrons. The van der Waals surface area contributed by atoms with Gasteiger partial charge in [0.25, 0.3) is 0 Å². The van der Waals surface area contributed by atoms with Gasteiger partial charge in [-0.1, -0.05) is 17.7 Å². The quantitative estimate of drug-likeness (QED) is 0.933. The molecular weight excluding hydrogens is 262 g/mol. The Morgan fingerprint density at radius 2 is 2.00 bits per heavy atom. The molecule has 5 heteroatoms. The summed E-state index contributed by atoms with van der Waals surface area (Å²) in [5, 5.41) is 12.0. The fraction of sp³-hybridized carbons (Fsp3) is 0.429. The Kier molecular flexibility index (Phi) is 3.92. The zero-order valence-electron chi connectivity index (χ0n) is 11.6. The fourth-order valence-corrected chi connectivity index (χ4v) is 1.88. The third-order valence-electron chi connectivity index (χ3n) is 2.59. The summed E-state index contributed by atoms with van der Waals surface area (Å²) in [4.78, 5) is 0. The number of rotatable bonds is 3. The molecule has 1 N–H and O–H groups in total. The lowest BCUT2D eigenvalue weighted by atomic mass is 10.1. The molecule has 0 amide bonds. The summed E-state index contributed by atoms with van der Waals surface area (Å²) in [6, 6.07) is 5.75. The van der Waals surface area contributed by atoms with Crippen molar-refractivity contribution in [3.8, 4) is 11.5 Å². The first-order valence-corrected chi connectivity index (χ1v) is 6.57. The highest BCUT2D eigenvalue weighted by Crippen LogP contribution is 2.27. The van der Waals surface area contributed by atoms with Gasteiger partial charge in [0, 0.05) is 5.54 Å². The minimum absolute atomic E-state index is 0.0101. The molecule has 1 aromatic carbocycles. The topological polar surface area (TPSA) is 51.0 Å². The highest BCUT2D eigenvalue weighted by Gasteiger charge is 2.14. The average molecular weight is 280 g/mol. The number of hydrogen-bond donors (Lipinski definition) is 1. The molecule has 0 bridgehead atoms. The van der Waals surface area contributed by atoms with Crippen molar-refractivity contribution < 1.29 is 4.42 Å². The Morgan fingerprint density at radius 3 is 2.63 bits per heavy atom. The van der Waals surface area contributed by atoms with Crippen LogP contribution < -0.4 is 5.32 Å². The highest BCUT2D eigenvalue weighted by molar-refractivity contribution is 6.33. The van der Waals surface area contributed by atoms with Crippen LogP contribution in [0.2, 0.25) is 5.02 Å². The molecule has 1 aromatic heterocycles. The van der Waals surface area contributed by atoms with Gasteiger partial charge < -0.3 is 9.73 Å². The van der Waals surface area contributed by atoms with Crippen molar-refractivity contribution in [3.05, 3.63) is 34.7 Å². The van der Waals surface area contributed by atoms with Gasteiger partial charge >= 0.3 is 0 Å². The van der Waals surface area contributed by atoms with E-state index in [0.717, 1.165) is 11.1 Å². The van der Waals surface area contributed by atoms with Crippen LogP contribution in [-0.2, 0) is 6.54 Å². The van der Waals surface area contributed by atoms with Crippen LogP contribution >= 0.6 is 11.6 Å². The summed E-state index contributed by atoms with van der Waals surface area (Å²) in [7, 11) is 0. The zero-order valence-corrected chi connectivity index (χ0v) is 12.4. The van der Waals surface area contributed by atoms with Crippen molar-refractivity contribution in [2.45, 2.75) is 39.8 Å². The summed E-state index contributed by atoms with van der Waals surface area (Å²) in [5.41, 5.74) is 1.88. The number of aryl methyl sites for hydroxylation is 1. The predicted molar refractivity (Wildman–Crippen MR) is 76.1 cm³/mol. The maximum absolute atomic E-state index is 6.18.